The van der Waals surface area contributed by atoms with Crippen LogP contribution in [-0.4, -0.2) is 56.2 Å². The van der Waals surface area contributed by atoms with Gasteiger partial charge in [-0.25, -0.2) is 23.1 Å². The maximum absolute atomic E-state index is 14.7. The van der Waals surface area contributed by atoms with Gasteiger partial charge in [0.05, 0.1) is 11.1 Å². The van der Waals surface area contributed by atoms with Crippen molar-refractivity contribution in [3.05, 3.63) is 119 Å². The van der Waals surface area contributed by atoms with Crippen molar-refractivity contribution < 1.29 is 22.8 Å². The first-order valence-electron chi connectivity index (χ1n) is 14.0. The van der Waals surface area contributed by atoms with Crippen LogP contribution >= 0.6 is 0 Å². The Balaban J connectivity index is 1.16. The zero-order chi connectivity index (χ0) is 29.7. The van der Waals surface area contributed by atoms with Crippen molar-refractivity contribution in [1.29, 1.82) is 0 Å². The summed E-state index contributed by atoms with van der Waals surface area (Å²) in [6.07, 6.45) is 4.62. The van der Waals surface area contributed by atoms with Crippen LogP contribution in [0.15, 0.2) is 79.1 Å². The standard InChI is InChI=1S/C33H26F3N5O2/c34-24-6-3-7-25(35)28(24)29-26(36)8-9-27(39-29)32(43)41-18-21-4-1-2-5-23(21)33(19-41)11-14-40(15-12-33)31(42)22-16-20-10-13-37-30(20)38-17-22/h1-10,13,16-17H,11-12,14-15,18-19H2,(H,37,38). The predicted octanol–water partition coefficient (Wildman–Crippen LogP) is 5.87. The van der Waals surface area contributed by atoms with E-state index in [4.69, 9.17) is 0 Å². The number of carbonyl (C=O) groups excluding carboxylic acids is 2. The number of H-pyrrole nitrogens is 1. The second kappa shape index (κ2) is 10.4. The third-order valence-corrected chi connectivity index (χ3v) is 8.65. The first-order valence-corrected chi connectivity index (χ1v) is 14.0. The highest BCUT2D eigenvalue weighted by Crippen LogP contribution is 2.42. The lowest BCUT2D eigenvalue weighted by atomic mass is 9.68. The third kappa shape index (κ3) is 4.63. The molecule has 1 fully saturated rings. The summed E-state index contributed by atoms with van der Waals surface area (Å²) in [5.74, 6) is -3.41. The molecule has 0 unspecified atom stereocenters. The van der Waals surface area contributed by atoms with Crippen molar-refractivity contribution >= 4 is 22.8 Å². The fraction of sp³-hybridized carbons (Fsp3) is 0.212. The Morgan fingerprint density at radius 2 is 1.60 bits per heavy atom. The second-order valence-electron chi connectivity index (χ2n) is 11.2. The minimum atomic E-state index is -0.966. The van der Waals surface area contributed by atoms with Gasteiger partial charge in [0.1, 0.15) is 34.5 Å². The normalized spacial score (nSPS) is 16.0. The summed E-state index contributed by atoms with van der Waals surface area (Å²) >= 11 is 0. The first kappa shape index (κ1) is 26.9. The van der Waals surface area contributed by atoms with Gasteiger partial charge in [0.25, 0.3) is 11.8 Å². The molecular weight excluding hydrogens is 555 g/mol. The van der Waals surface area contributed by atoms with Gasteiger partial charge in [-0.2, -0.15) is 0 Å². The van der Waals surface area contributed by atoms with Crippen molar-refractivity contribution in [2.24, 2.45) is 0 Å². The molecule has 0 bridgehead atoms. The Morgan fingerprint density at radius 1 is 0.837 bits per heavy atom. The maximum Gasteiger partial charge on any atom is 0.272 e. The number of benzene rings is 2. The van der Waals surface area contributed by atoms with E-state index < -0.39 is 40.0 Å². The molecule has 0 aliphatic carbocycles. The zero-order valence-electron chi connectivity index (χ0n) is 23.0. The molecule has 5 heterocycles. The Bertz CT molecular complexity index is 1880. The van der Waals surface area contributed by atoms with Gasteiger partial charge in [0.15, 0.2) is 0 Å². The number of nitrogens with zero attached hydrogens (tertiary/aromatic N) is 4. The van der Waals surface area contributed by atoms with Gasteiger partial charge >= 0.3 is 0 Å². The summed E-state index contributed by atoms with van der Waals surface area (Å²) < 4.78 is 43.7. The van der Waals surface area contributed by atoms with Gasteiger partial charge in [-0.15, -0.1) is 0 Å². The predicted molar refractivity (Wildman–Crippen MR) is 154 cm³/mol. The van der Waals surface area contributed by atoms with E-state index in [1.807, 2.05) is 35.2 Å². The maximum atomic E-state index is 14.7. The number of hydrogen-bond acceptors (Lipinski definition) is 4. The lowest BCUT2D eigenvalue weighted by Crippen LogP contribution is -2.54. The smallest absolute Gasteiger partial charge is 0.272 e. The van der Waals surface area contributed by atoms with Crippen LogP contribution in [0.2, 0.25) is 0 Å². The Kier molecular flexibility index (Phi) is 6.49. The van der Waals surface area contributed by atoms with Crippen molar-refractivity contribution in [3.63, 3.8) is 0 Å². The van der Waals surface area contributed by atoms with Gasteiger partial charge in [-0.1, -0.05) is 30.3 Å². The van der Waals surface area contributed by atoms with Crippen LogP contribution < -0.4 is 0 Å². The van der Waals surface area contributed by atoms with Gasteiger partial charge in [-0.3, -0.25) is 9.59 Å². The van der Waals surface area contributed by atoms with Crippen molar-refractivity contribution in [2.45, 2.75) is 24.8 Å². The number of aromatic amines is 1. The van der Waals surface area contributed by atoms with E-state index in [0.717, 1.165) is 40.4 Å². The summed E-state index contributed by atoms with van der Waals surface area (Å²) in [7, 11) is 0. The number of hydrogen-bond donors (Lipinski definition) is 1. The highest BCUT2D eigenvalue weighted by molar-refractivity contribution is 5.97. The topological polar surface area (TPSA) is 82.2 Å². The molecule has 3 aromatic heterocycles. The van der Waals surface area contributed by atoms with Gasteiger partial charge < -0.3 is 14.8 Å². The molecule has 1 saturated heterocycles. The average molecular weight is 582 g/mol. The van der Waals surface area contributed by atoms with Gasteiger partial charge in [-0.05, 0) is 60.4 Å². The molecule has 0 saturated carbocycles. The van der Waals surface area contributed by atoms with E-state index in [1.54, 1.807) is 17.3 Å². The molecule has 43 heavy (non-hydrogen) atoms. The Morgan fingerprint density at radius 3 is 2.40 bits per heavy atom. The van der Waals surface area contributed by atoms with E-state index in [1.165, 1.54) is 12.1 Å². The number of piperidine rings is 1. The quantitative estimate of drug-likeness (QED) is 0.289. The number of fused-ring (bicyclic) bond motifs is 3. The minimum absolute atomic E-state index is 0.0918. The largest absolute Gasteiger partial charge is 0.346 e. The molecule has 2 aliphatic heterocycles. The van der Waals surface area contributed by atoms with E-state index in [0.29, 0.717) is 44.6 Å². The number of likely N-dealkylation sites (tertiary alicyclic amines) is 1. The van der Waals surface area contributed by atoms with E-state index in [9.17, 15) is 22.8 Å². The molecule has 7 rings (SSSR count). The van der Waals surface area contributed by atoms with Crippen LogP contribution in [0.3, 0.4) is 0 Å². The van der Waals surface area contributed by atoms with E-state index in [2.05, 4.69) is 21.0 Å². The summed E-state index contributed by atoms with van der Waals surface area (Å²) in [6, 6.07) is 17.1. The SMILES string of the molecule is O=C(c1cnc2[nH]ccc2c1)N1CCC2(CC1)CN(C(=O)c1ccc(F)c(-c3c(F)cccc3F)n1)Cc1ccccc12. The van der Waals surface area contributed by atoms with E-state index >= 15 is 0 Å². The molecule has 5 aromatic rings. The number of nitrogens with one attached hydrogen (secondary N) is 1. The Labute approximate surface area is 245 Å². The van der Waals surface area contributed by atoms with Crippen LogP contribution in [0, 0.1) is 17.5 Å². The van der Waals surface area contributed by atoms with Crippen LogP contribution in [0.4, 0.5) is 13.2 Å². The number of amides is 2. The summed E-state index contributed by atoms with van der Waals surface area (Å²) in [5, 5.41) is 0.866. The molecular formula is C33H26F3N5O2. The molecule has 7 nitrogen and oxygen atoms in total. The molecule has 10 heteroatoms. The molecule has 2 aliphatic rings. The van der Waals surface area contributed by atoms with E-state index in [-0.39, 0.29) is 11.6 Å². The summed E-state index contributed by atoms with van der Waals surface area (Å²) in [6.45, 7) is 1.66. The molecule has 1 spiro atoms. The lowest BCUT2D eigenvalue weighted by Gasteiger charge is -2.48. The van der Waals surface area contributed by atoms with Crippen LogP contribution in [-0.2, 0) is 12.0 Å². The first-order chi connectivity index (χ1) is 20.8. The van der Waals surface area contributed by atoms with Gasteiger partial charge in [0, 0.05) is 49.4 Å². The van der Waals surface area contributed by atoms with Crippen LogP contribution in [0.1, 0.15) is 44.8 Å². The number of aromatic nitrogens is 3. The molecule has 0 atom stereocenters. The number of pyridine rings is 2. The minimum Gasteiger partial charge on any atom is -0.346 e. The fourth-order valence-electron chi connectivity index (χ4n) is 6.46. The van der Waals surface area contributed by atoms with Crippen molar-refractivity contribution in [2.75, 3.05) is 19.6 Å². The van der Waals surface area contributed by atoms with Crippen LogP contribution in [0.5, 0.6) is 0 Å². The average Bonchev–Trinajstić information content (AvgIpc) is 3.50. The third-order valence-electron chi connectivity index (χ3n) is 8.65. The molecule has 0 radical (unpaired) electrons. The lowest BCUT2D eigenvalue weighted by molar-refractivity contribution is 0.0506. The summed E-state index contributed by atoms with van der Waals surface area (Å²) in [5.41, 5.74) is 1.69. The Hall–Kier alpha value is -4.99. The van der Waals surface area contributed by atoms with Gasteiger partial charge in [0.2, 0.25) is 0 Å². The fourth-order valence-corrected chi connectivity index (χ4v) is 6.46. The number of rotatable bonds is 3. The van der Waals surface area contributed by atoms with Crippen molar-refractivity contribution in [3.8, 4) is 11.3 Å². The number of carbonyl (C=O) groups is 2. The van der Waals surface area contributed by atoms with Crippen molar-refractivity contribution in [1.82, 2.24) is 24.8 Å². The van der Waals surface area contributed by atoms with Crippen LogP contribution in [0.25, 0.3) is 22.3 Å². The summed E-state index contributed by atoms with van der Waals surface area (Å²) in [4.78, 5) is 42.2. The molecule has 1 N–H and O–H groups in total. The zero-order valence-corrected chi connectivity index (χ0v) is 23.0. The highest BCUT2D eigenvalue weighted by atomic mass is 19.1. The molecule has 2 amide bonds. The monoisotopic (exact) mass is 581 g/mol. The second-order valence-corrected chi connectivity index (χ2v) is 11.2. The number of halogens is 3. The highest BCUT2D eigenvalue weighted by Gasteiger charge is 2.44. The molecule has 216 valence electrons. The molecule has 2 aromatic carbocycles.